The topological polar surface area (TPSA) is 32.6 Å². The number of hydrogen-bond acceptors (Lipinski definition) is 2. The van der Waals surface area contributed by atoms with Crippen molar-refractivity contribution in [1.82, 2.24) is 0 Å². The van der Waals surface area contributed by atoms with Crippen molar-refractivity contribution in [2.75, 3.05) is 0 Å². The summed E-state index contributed by atoms with van der Waals surface area (Å²) in [5.41, 5.74) is 0.845. The quantitative estimate of drug-likeness (QED) is 0.281. The van der Waals surface area contributed by atoms with E-state index in [2.05, 4.69) is 24.2 Å². The predicted octanol–water partition coefficient (Wildman–Crippen LogP) is 2.97. The molecule has 0 aliphatic rings. The second kappa shape index (κ2) is 7.32. The van der Waals surface area contributed by atoms with Gasteiger partial charge in [-0.05, 0) is 12.8 Å². The highest BCUT2D eigenvalue weighted by molar-refractivity contribution is 5.84. The van der Waals surface area contributed by atoms with Gasteiger partial charge in [-0.3, -0.25) is 0 Å². The van der Waals surface area contributed by atoms with Crippen molar-refractivity contribution < 1.29 is 5.21 Å². The van der Waals surface area contributed by atoms with Gasteiger partial charge in [-0.2, -0.15) is 0 Å². The van der Waals surface area contributed by atoms with E-state index in [-0.39, 0.29) is 0 Å². The highest BCUT2D eigenvalue weighted by atomic mass is 16.4. The fourth-order valence-electron chi connectivity index (χ4n) is 0.760. The molecule has 2 heteroatoms. The maximum absolute atomic E-state index is 8.44. The Balaban J connectivity index is 3.50. The van der Waals surface area contributed by atoms with Gasteiger partial charge in [0.05, 0.1) is 5.71 Å². The van der Waals surface area contributed by atoms with Crippen molar-refractivity contribution in [2.45, 2.75) is 39.5 Å². The maximum Gasteiger partial charge on any atom is 0.0605 e. The van der Waals surface area contributed by atoms with Gasteiger partial charge in [-0.15, -0.1) is 0 Å². The van der Waals surface area contributed by atoms with Crippen molar-refractivity contribution in [1.29, 1.82) is 0 Å². The molecule has 0 fully saturated rings. The molecular formula is C9H17NO. The molecule has 0 aliphatic heterocycles. The van der Waals surface area contributed by atoms with Crippen molar-refractivity contribution in [2.24, 2.45) is 5.16 Å². The van der Waals surface area contributed by atoms with Crippen LogP contribution in [0.2, 0.25) is 0 Å². The van der Waals surface area contributed by atoms with E-state index in [4.69, 9.17) is 5.21 Å². The van der Waals surface area contributed by atoms with Crippen LogP contribution in [0.3, 0.4) is 0 Å². The van der Waals surface area contributed by atoms with Gasteiger partial charge in [-0.25, -0.2) is 0 Å². The summed E-state index contributed by atoms with van der Waals surface area (Å²) in [6.07, 6.45) is 8.08. The molecule has 0 aliphatic carbocycles. The number of unbranched alkanes of at least 4 members (excludes halogenated alkanes) is 1. The van der Waals surface area contributed by atoms with Gasteiger partial charge in [-0.1, -0.05) is 37.6 Å². The average Bonchev–Trinajstić information content (AvgIpc) is 2.05. The molecule has 2 nitrogen and oxygen atoms in total. The minimum Gasteiger partial charge on any atom is -0.411 e. The van der Waals surface area contributed by atoms with Crippen LogP contribution in [0, 0.1) is 0 Å². The summed E-state index contributed by atoms with van der Waals surface area (Å²) in [6, 6.07) is 0. The largest absolute Gasteiger partial charge is 0.411 e. The van der Waals surface area contributed by atoms with Gasteiger partial charge in [0, 0.05) is 6.42 Å². The van der Waals surface area contributed by atoms with Crippen LogP contribution in [0.15, 0.2) is 17.3 Å². The molecule has 0 saturated heterocycles. The molecule has 0 radical (unpaired) electrons. The molecule has 64 valence electrons. The number of allylic oxidation sites excluding steroid dienone is 2. The zero-order valence-electron chi connectivity index (χ0n) is 7.38. The van der Waals surface area contributed by atoms with Crippen LogP contribution in [-0.4, -0.2) is 10.9 Å². The lowest BCUT2D eigenvalue weighted by Gasteiger charge is -1.93. The fraction of sp³-hybridized carbons (Fsp3) is 0.667. The molecule has 0 aromatic heterocycles. The van der Waals surface area contributed by atoms with Crippen LogP contribution in [0.5, 0.6) is 0 Å². The molecule has 0 unspecified atom stereocenters. The van der Waals surface area contributed by atoms with Crippen molar-refractivity contribution >= 4 is 5.71 Å². The normalized spacial score (nSPS) is 12.7. The summed E-state index contributed by atoms with van der Waals surface area (Å²) in [7, 11) is 0. The van der Waals surface area contributed by atoms with Gasteiger partial charge in [0.15, 0.2) is 0 Å². The lowest BCUT2D eigenvalue weighted by Crippen LogP contribution is -1.92. The van der Waals surface area contributed by atoms with Crippen molar-refractivity contribution in [3.63, 3.8) is 0 Å². The molecule has 0 bridgehead atoms. The molecular weight excluding hydrogens is 138 g/mol. The van der Waals surface area contributed by atoms with Gasteiger partial charge in [0.1, 0.15) is 0 Å². The van der Waals surface area contributed by atoms with E-state index < -0.39 is 0 Å². The molecule has 0 atom stereocenters. The number of hydrogen-bond donors (Lipinski definition) is 1. The lowest BCUT2D eigenvalue weighted by atomic mass is 10.2. The van der Waals surface area contributed by atoms with Gasteiger partial charge in [0.2, 0.25) is 0 Å². The summed E-state index contributed by atoms with van der Waals surface area (Å²) in [4.78, 5) is 0. The van der Waals surface area contributed by atoms with E-state index in [1.807, 2.05) is 6.92 Å². The Morgan fingerprint density at radius 2 is 2.09 bits per heavy atom. The fourth-order valence-corrected chi connectivity index (χ4v) is 0.760. The van der Waals surface area contributed by atoms with Gasteiger partial charge < -0.3 is 5.21 Å². The minimum absolute atomic E-state index is 0.785. The second-order valence-corrected chi connectivity index (χ2v) is 2.48. The van der Waals surface area contributed by atoms with Crippen molar-refractivity contribution in [3.05, 3.63) is 12.2 Å². The first-order valence-corrected chi connectivity index (χ1v) is 4.19. The summed E-state index contributed by atoms with van der Waals surface area (Å²) < 4.78 is 0. The first-order chi connectivity index (χ1) is 5.35. The van der Waals surface area contributed by atoms with E-state index in [0.717, 1.165) is 25.0 Å². The van der Waals surface area contributed by atoms with E-state index in [1.165, 1.54) is 6.42 Å². The van der Waals surface area contributed by atoms with E-state index in [9.17, 15) is 0 Å². The van der Waals surface area contributed by atoms with E-state index in [1.54, 1.807) is 0 Å². The molecule has 0 aromatic rings. The van der Waals surface area contributed by atoms with Crippen LogP contribution in [0.25, 0.3) is 0 Å². The Bertz CT molecular complexity index is 138. The Labute approximate surface area is 68.6 Å². The van der Waals surface area contributed by atoms with E-state index >= 15 is 0 Å². The van der Waals surface area contributed by atoms with Crippen LogP contribution < -0.4 is 0 Å². The second-order valence-electron chi connectivity index (χ2n) is 2.48. The number of oxime groups is 1. The molecule has 0 heterocycles. The monoisotopic (exact) mass is 155 g/mol. The zero-order valence-corrected chi connectivity index (χ0v) is 7.38. The Morgan fingerprint density at radius 3 is 2.55 bits per heavy atom. The molecule has 0 amide bonds. The standard InChI is InChI=1S/C9H17NO/c1-3-5-6-7-8-9(4-2)10-11/h6-7,11H,3-5,8H2,1-2H3/b7-6+,10-9+. The van der Waals surface area contributed by atoms with Crippen molar-refractivity contribution in [3.8, 4) is 0 Å². The third-order valence-electron chi connectivity index (χ3n) is 1.53. The Morgan fingerprint density at radius 1 is 1.36 bits per heavy atom. The van der Waals surface area contributed by atoms with Crippen LogP contribution >= 0.6 is 0 Å². The highest BCUT2D eigenvalue weighted by Gasteiger charge is 1.90. The molecule has 1 N–H and O–H groups in total. The van der Waals surface area contributed by atoms with Crippen LogP contribution in [0.1, 0.15) is 39.5 Å². The summed E-state index contributed by atoms with van der Waals surface area (Å²) >= 11 is 0. The zero-order chi connectivity index (χ0) is 8.53. The lowest BCUT2D eigenvalue weighted by molar-refractivity contribution is 0.317. The Hall–Kier alpha value is -0.790. The van der Waals surface area contributed by atoms with Crippen LogP contribution in [-0.2, 0) is 0 Å². The smallest absolute Gasteiger partial charge is 0.0605 e. The number of rotatable bonds is 5. The molecule has 11 heavy (non-hydrogen) atoms. The minimum atomic E-state index is 0.785. The van der Waals surface area contributed by atoms with E-state index in [0.29, 0.717) is 0 Å². The van der Waals surface area contributed by atoms with Gasteiger partial charge >= 0.3 is 0 Å². The van der Waals surface area contributed by atoms with Gasteiger partial charge in [0.25, 0.3) is 0 Å². The molecule has 0 saturated carbocycles. The summed E-state index contributed by atoms with van der Waals surface area (Å²) in [6.45, 7) is 4.13. The molecule has 0 rings (SSSR count). The maximum atomic E-state index is 8.44. The summed E-state index contributed by atoms with van der Waals surface area (Å²) in [5, 5.41) is 11.6. The third kappa shape index (κ3) is 5.64. The third-order valence-corrected chi connectivity index (χ3v) is 1.53. The molecule has 0 spiro atoms. The molecule has 0 aromatic carbocycles. The SMILES string of the molecule is CCC/C=C/C/C(CC)=N/O. The first-order valence-electron chi connectivity index (χ1n) is 4.19. The predicted molar refractivity (Wildman–Crippen MR) is 48.2 cm³/mol. The Kier molecular flexibility index (Phi) is 6.79. The average molecular weight is 155 g/mol. The summed E-state index contributed by atoms with van der Waals surface area (Å²) in [5.74, 6) is 0. The number of nitrogens with zero attached hydrogens (tertiary/aromatic N) is 1. The first kappa shape index (κ1) is 10.2. The highest BCUT2D eigenvalue weighted by Crippen LogP contribution is 1.96. The van der Waals surface area contributed by atoms with Crippen LogP contribution in [0.4, 0.5) is 0 Å².